The first-order chi connectivity index (χ1) is 10.1. The van der Waals surface area contributed by atoms with Crippen molar-refractivity contribution in [3.8, 4) is 0 Å². The minimum absolute atomic E-state index is 0.183. The Bertz CT molecular complexity index is 649. The van der Waals surface area contributed by atoms with Crippen LogP contribution in [-0.4, -0.2) is 27.1 Å². The van der Waals surface area contributed by atoms with Crippen molar-refractivity contribution in [3.05, 3.63) is 41.1 Å². The summed E-state index contributed by atoms with van der Waals surface area (Å²) >= 11 is 0. The van der Waals surface area contributed by atoms with Gasteiger partial charge in [-0.15, -0.1) is 0 Å². The number of aromatic nitrogens is 3. The lowest BCUT2D eigenvalue weighted by molar-refractivity contribution is 0.0521. The molecule has 2 rings (SSSR count). The fourth-order valence-corrected chi connectivity index (χ4v) is 2.14. The second-order valence-corrected chi connectivity index (χ2v) is 4.69. The summed E-state index contributed by atoms with van der Waals surface area (Å²) in [4.78, 5) is 20.5. The lowest BCUT2D eigenvalue weighted by Crippen LogP contribution is -2.12. The second-order valence-electron chi connectivity index (χ2n) is 4.69. The van der Waals surface area contributed by atoms with Crippen molar-refractivity contribution < 1.29 is 9.53 Å². The third-order valence-corrected chi connectivity index (χ3v) is 3.30. The maximum Gasteiger partial charge on any atom is 0.360 e. The Morgan fingerprint density at radius 3 is 2.81 bits per heavy atom. The highest BCUT2D eigenvalue weighted by Crippen LogP contribution is 2.19. The van der Waals surface area contributed by atoms with Crippen molar-refractivity contribution in [3.63, 3.8) is 0 Å². The maximum atomic E-state index is 11.9. The number of rotatable bonds is 5. The van der Waals surface area contributed by atoms with E-state index < -0.39 is 5.97 Å². The highest BCUT2D eigenvalue weighted by Gasteiger charge is 2.21. The summed E-state index contributed by atoms with van der Waals surface area (Å²) in [5.74, 6) is 0.595. The molecular weight excluding hydrogens is 268 g/mol. The summed E-state index contributed by atoms with van der Waals surface area (Å²) in [6.45, 7) is 6.51. The molecule has 6 nitrogen and oxygen atoms in total. The Morgan fingerprint density at radius 2 is 2.19 bits per heavy atom. The highest BCUT2D eigenvalue weighted by molar-refractivity contribution is 5.92. The normalized spacial score (nSPS) is 10.6. The van der Waals surface area contributed by atoms with Crippen molar-refractivity contribution in [2.45, 2.75) is 33.7 Å². The van der Waals surface area contributed by atoms with E-state index in [0.29, 0.717) is 25.4 Å². The number of carbonyl (C=O) groups is 1. The molecule has 0 fully saturated rings. The fraction of sp³-hybridized carbons (Fsp3) is 0.400. The van der Waals surface area contributed by atoms with Crippen LogP contribution in [-0.2, 0) is 17.7 Å². The average molecular weight is 288 g/mol. The number of nitrogen functional groups attached to an aromatic ring is 1. The van der Waals surface area contributed by atoms with E-state index in [0.717, 1.165) is 17.1 Å². The van der Waals surface area contributed by atoms with Gasteiger partial charge >= 0.3 is 5.97 Å². The van der Waals surface area contributed by atoms with Crippen LogP contribution in [0, 0.1) is 6.92 Å². The van der Waals surface area contributed by atoms with Gasteiger partial charge in [0, 0.05) is 12.6 Å². The number of pyridine rings is 1. The van der Waals surface area contributed by atoms with Crippen molar-refractivity contribution in [1.29, 1.82) is 0 Å². The number of esters is 1. The molecule has 2 heterocycles. The monoisotopic (exact) mass is 288 g/mol. The zero-order valence-electron chi connectivity index (χ0n) is 12.6. The molecule has 0 bridgehead atoms. The number of aryl methyl sites for hydroxylation is 2. The first-order valence-corrected chi connectivity index (χ1v) is 7.00. The van der Waals surface area contributed by atoms with Gasteiger partial charge in [0.25, 0.3) is 0 Å². The van der Waals surface area contributed by atoms with Crippen molar-refractivity contribution in [2.24, 2.45) is 0 Å². The van der Waals surface area contributed by atoms with Crippen molar-refractivity contribution >= 4 is 11.8 Å². The molecule has 2 aromatic rings. The quantitative estimate of drug-likeness (QED) is 0.850. The molecular formula is C15H20N4O2. The van der Waals surface area contributed by atoms with Crippen LogP contribution in [0.1, 0.15) is 41.4 Å². The van der Waals surface area contributed by atoms with Gasteiger partial charge in [-0.1, -0.05) is 13.0 Å². The summed E-state index contributed by atoms with van der Waals surface area (Å²) in [5.41, 5.74) is 8.25. The van der Waals surface area contributed by atoms with E-state index in [2.05, 4.69) is 9.97 Å². The smallest absolute Gasteiger partial charge is 0.360 e. The molecule has 0 unspecified atom stereocenters. The molecule has 0 aliphatic carbocycles. The molecule has 0 aliphatic heterocycles. The van der Waals surface area contributed by atoms with Crippen LogP contribution >= 0.6 is 0 Å². The number of ether oxygens (including phenoxy) is 1. The number of hydrogen-bond donors (Lipinski definition) is 1. The lowest BCUT2D eigenvalue weighted by atomic mass is 10.2. The van der Waals surface area contributed by atoms with Gasteiger partial charge in [0.1, 0.15) is 11.6 Å². The highest BCUT2D eigenvalue weighted by atomic mass is 16.5. The Kier molecular flexibility index (Phi) is 4.57. The van der Waals surface area contributed by atoms with Gasteiger partial charge in [-0.25, -0.2) is 9.78 Å². The summed E-state index contributed by atoms with van der Waals surface area (Å²) in [5, 5.41) is 0. The molecule has 0 amide bonds. The summed E-state index contributed by atoms with van der Waals surface area (Å²) < 4.78 is 6.81. The van der Waals surface area contributed by atoms with Gasteiger partial charge < -0.3 is 15.0 Å². The van der Waals surface area contributed by atoms with Gasteiger partial charge in [0.15, 0.2) is 5.69 Å². The minimum atomic E-state index is -0.485. The predicted octanol–water partition coefficient (Wildman–Crippen LogP) is 1.96. The number of carbonyl (C=O) groups excluding carboxylic acids is 1. The third-order valence-electron chi connectivity index (χ3n) is 3.30. The van der Waals surface area contributed by atoms with E-state index >= 15 is 0 Å². The predicted molar refractivity (Wildman–Crippen MR) is 80.0 cm³/mol. The zero-order chi connectivity index (χ0) is 15.4. The van der Waals surface area contributed by atoms with E-state index in [9.17, 15) is 4.79 Å². The number of nitrogens with zero attached hydrogens (tertiary/aromatic N) is 3. The molecule has 0 radical (unpaired) electrons. The zero-order valence-corrected chi connectivity index (χ0v) is 12.6. The SMILES string of the molecule is CCOC(=O)c1nc(CC)n(Cc2ncccc2C)c1N. The van der Waals surface area contributed by atoms with E-state index in [4.69, 9.17) is 10.5 Å². The van der Waals surface area contributed by atoms with Crippen LogP contribution in [0.3, 0.4) is 0 Å². The molecule has 0 aromatic carbocycles. The Balaban J connectivity index is 2.39. The molecule has 0 spiro atoms. The van der Waals surface area contributed by atoms with E-state index in [1.807, 2.05) is 30.5 Å². The molecule has 2 N–H and O–H groups in total. The minimum Gasteiger partial charge on any atom is -0.461 e. The Hall–Kier alpha value is -2.37. The number of hydrogen-bond acceptors (Lipinski definition) is 5. The van der Waals surface area contributed by atoms with Crippen LogP contribution < -0.4 is 5.73 Å². The van der Waals surface area contributed by atoms with Crippen molar-refractivity contribution in [1.82, 2.24) is 14.5 Å². The van der Waals surface area contributed by atoms with Crippen LogP contribution in [0.4, 0.5) is 5.82 Å². The van der Waals surface area contributed by atoms with Gasteiger partial charge in [-0.2, -0.15) is 0 Å². The summed E-state index contributed by atoms with van der Waals surface area (Å²) in [7, 11) is 0. The first-order valence-electron chi connectivity index (χ1n) is 7.00. The summed E-state index contributed by atoms with van der Waals surface area (Å²) in [6.07, 6.45) is 2.42. The van der Waals surface area contributed by atoms with E-state index in [1.54, 1.807) is 13.1 Å². The molecule has 0 aliphatic rings. The molecule has 112 valence electrons. The van der Waals surface area contributed by atoms with Gasteiger partial charge in [-0.05, 0) is 25.5 Å². The summed E-state index contributed by atoms with van der Waals surface area (Å²) in [6, 6.07) is 3.88. The number of nitrogens with two attached hydrogens (primary N) is 1. The Labute approximate surface area is 124 Å². The largest absolute Gasteiger partial charge is 0.461 e. The van der Waals surface area contributed by atoms with Crippen LogP contribution in [0.5, 0.6) is 0 Å². The number of anilines is 1. The van der Waals surface area contributed by atoms with Crippen LogP contribution in [0.15, 0.2) is 18.3 Å². The molecule has 21 heavy (non-hydrogen) atoms. The average Bonchev–Trinajstić information content (AvgIpc) is 2.78. The molecule has 2 aromatic heterocycles. The standard InChI is InChI=1S/C15H20N4O2/c1-4-12-18-13(15(20)21-5-2)14(16)19(12)9-11-10(3)7-6-8-17-11/h6-8H,4-5,9,16H2,1-3H3. The first kappa shape index (κ1) is 15.0. The van der Waals surface area contributed by atoms with Gasteiger partial charge in [0.05, 0.1) is 18.8 Å². The maximum absolute atomic E-state index is 11.9. The molecule has 0 saturated carbocycles. The van der Waals surface area contributed by atoms with Crippen LogP contribution in [0.2, 0.25) is 0 Å². The molecule has 6 heteroatoms. The van der Waals surface area contributed by atoms with E-state index in [1.165, 1.54) is 0 Å². The topological polar surface area (TPSA) is 83.0 Å². The number of imidazole rings is 1. The lowest BCUT2D eigenvalue weighted by Gasteiger charge is -2.10. The molecule has 0 saturated heterocycles. The third kappa shape index (κ3) is 3.04. The Morgan fingerprint density at radius 1 is 1.43 bits per heavy atom. The second kappa shape index (κ2) is 6.39. The van der Waals surface area contributed by atoms with Gasteiger partial charge in [-0.3, -0.25) is 4.98 Å². The van der Waals surface area contributed by atoms with Gasteiger partial charge in [0.2, 0.25) is 0 Å². The molecule has 0 atom stereocenters. The fourth-order valence-electron chi connectivity index (χ4n) is 2.14. The van der Waals surface area contributed by atoms with Crippen molar-refractivity contribution in [2.75, 3.05) is 12.3 Å². The van der Waals surface area contributed by atoms with Crippen LogP contribution in [0.25, 0.3) is 0 Å². The van der Waals surface area contributed by atoms with E-state index in [-0.39, 0.29) is 5.69 Å².